The molecule has 1 heterocycles. The number of hydrogen-bond acceptors (Lipinski definition) is 4. The summed E-state index contributed by atoms with van der Waals surface area (Å²) < 4.78 is 0. The topological polar surface area (TPSA) is 80.9 Å². The van der Waals surface area contributed by atoms with Gasteiger partial charge in [0.25, 0.3) is 5.91 Å². The molecule has 0 unspecified atom stereocenters. The van der Waals surface area contributed by atoms with Gasteiger partial charge in [0.2, 0.25) is 0 Å². The first kappa shape index (κ1) is 12.3. The monoisotopic (exact) mass is 262 g/mol. The minimum Gasteiger partial charge on any atom is -0.384 e. The molecule has 0 saturated heterocycles. The van der Waals surface area contributed by atoms with Crippen LogP contribution >= 0.6 is 11.6 Å². The summed E-state index contributed by atoms with van der Waals surface area (Å²) in [5, 5.41) is 3.02. The summed E-state index contributed by atoms with van der Waals surface area (Å²) in [5.41, 5.74) is 6.73. The number of rotatable bonds is 2. The van der Waals surface area contributed by atoms with Crippen molar-refractivity contribution in [3.05, 3.63) is 46.7 Å². The van der Waals surface area contributed by atoms with Crippen LogP contribution in [0.25, 0.3) is 0 Å². The maximum atomic E-state index is 12.1. The molecule has 6 heteroatoms. The molecule has 0 aliphatic rings. The summed E-state index contributed by atoms with van der Waals surface area (Å²) in [7, 11) is 0. The van der Waals surface area contributed by atoms with E-state index in [1.807, 2.05) is 13.0 Å². The Labute approximate surface area is 109 Å². The van der Waals surface area contributed by atoms with E-state index < -0.39 is 0 Å². The van der Waals surface area contributed by atoms with Gasteiger partial charge in [0.05, 0.1) is 10.6 Å². The predicted octanol–water partition coefficient (Wildman–Crippen LogP) is 2.27. The van der Waals surface area contributed by atoms with Crippen LogP contribution in [0.1, 0.15) is 15.9 Å². The summed E-state index contributed by atoms with van der Waals surface area (Å²) in [5.74, 6) is 0.305. The molecule has 3 N–H and O–H groups in total. The van der Waals surface area contributed by atoms with Gasteiger partial charge in [-0.05, 0) is 18.6 Å². The first-order chi connectivity index (χ1) is 8.58. The molecule has 0 saturated carbocycles. The maximum absolute atomic E-state index is 12.1. The molecule has 0 atom stereocenters. The molecule has 1 aromatic heterocycles. The number of nitrogens with two attached hydrogens (primary N) is 1. The Morgan fingerprint density at radius 1 is 1.39 bits per heavy atom. The zero-order valence-corrected chi connectivity index (χ0v) is 10.4. The van der Waals surface area contributed by atoms with Crippen LogP contribution in [-0.4, -0.2) is 15.9 Å². The maximum Gasteiger partial charge on any atom is 0.258 e. The number of nitrogens with zero attached hydrogens (tertiary/aromatic N) is 2. The molecule has 92 valence electrons. The lowest BCUT2D eigenvalue weighted by molar-refractivity contribution is 0.102. The highest BCUT2D eigenvalue weighted by atomic mass is 35.5. The number of amides is 1. The van der Waals surface area contributed by atoms with Gasteiger partial charge in [-0.3, -0.25) is 4.79 Å². The number of carbonyl (C=O) groups is 1. The van der Waals surface area contributed by atoms with Gasteiger partial charge in [0.1, 0.15) is 18.0 Å². The highest BCUT2D eigenvalue weighted by Crippen LogP contribution is 2.20. The zero-order valence-electron chi connectivity index (χ0n) is 9.64. The van der Waals surface area contributed by atoms with E-state index in [0.29, 0.717) is 16.4 Å². The molecule has 5 nitrogen and oxygen atoms in total. The van der Waals surface area contributed by atoms with Crippen LogP contribution in [0.4, 0.5) is 11.6 Å². The molecule has 0 radical (unpaired) electrons. The second-order valence-electron chi connectivity index (χ2n) is 3.71. The van der Waals surface area contributed by atoms with Gasteiger partial charge in [0.15, 0.2) is 0 Å². The Kier molecular flexibility index (Phi) is 3.43. The van der Waals surface area contributed by atoms with Gasteiger partial charge < -0.3 is 11.1 Å². The lowest BCUT2D eigenvalue weighted by Gasteiger charge is -2.08. The third kappa shape index (κ3) is 2.57. The van der Waals surface area contributed by atoms with Crippen molar-refractivity contribution in [3.63, 3.8) is 0 Å². The Hall–Kier alpha value is -2.14. The van der Waals surface area contributed by atoms with E-state index >= 15 is 0 Å². The number of carbonyl (C=O) groups excluding carboxylic acids is 1. The van der Waals surface area contributed by atoms with Crippen molar-refractivity contribution in [2.75, 3.05) is 11.1 Å². The molecular weight excluding hydrogens is 252 g/mol. The van der Waals surface area contributed by atoms with E-state index in [9.17, 15) is 4.79 Å². The molecule has 2 aromatic rings. The van der Waals surface area contributed by atoms with Crippen molar-refractivity contribution < 1.29 is 4.79 Å². The van der Waals surface area contributed by atoms with E-state index in [-0.39, 0.29) is 11.7 Å². The zero-order chi connectivity index (χ0) is 13.1. The smallest absolute Gasteiger partial charge is 0.258 e. The minimum absolute atomic E-state index is 0.288. The van der Waals surface area contributed by atoms with Crippen LogP contribution < -0.4 is 11.1 Å². The average molecular weight is 263 g/mol. The van der Waals surface area contributed by atoms with E-state index in [2.05, 4.69) is 15.3 Å². The number of nitrogen functional groups attached to an aromatic ring is 1. The summed E-state index contributed by atoms with van der Waals surface area (Å²) in [6.07, 6.45) is 1.28. The molecule has 18 heavy (non-hydrogen) atoms. The lowest BCUT2D eigenvalue weighted by Crippen LogP contribution is -2.15. The highest BCUT2D eigenvalue weighted by Gasteiger charge is 2.13. The van der Waals surface area contributed by atoms with Gasteiger partial charge in [0, 0.05) is 6.07 Å². The van der Waals surface area contributed by atoms with Gasteiger partial charge in [-0.25, -0.2) is 9.97 Å². The van der Waals surface area contributed by atoms with Crippen LogP contribution in [-0.2, 0) is 0 Å². The number of benzene rings is 1. The normalized spacial score (nSPS) is 10.1. The van der Waals surface area contributed by atoms with Gasteiger partial charge >= 0.3 is 0 Å². The number of halogens is 1. The van der Waals surface area contributed by atoms with Gasteiger partial charge in [-0.2, -0.15) is 0 Å². The fourth-order valence-corrected chi connectivity index (χ4v) is 1.85. The van der Waals surface area contributed by atoms with E-state index in [4.69, 9.17) is 17.3 Å². The molecule has 0 fully saturated rings. The molecule has 0 aliphatic carbocycles. The first-order valence-electron chi connectivity index (χ1n) is 5.22. The molecule has 0 bridgehead atoms. The number of aryl methyl sites for hydroxylation is 1. The summed E-state index contributed by atoms with van der Waals surface area (Å²) in [6.45, 7) is 1.81. The van der Waals surface area contributed by atoms with Crippen molar-refractivity contribution in [2.45, 2.75) is 6.92 Å². The third-order valence-corrected chi connectivity index (χ3v) is 2.69. The third-order valence-electron chi connectivity index (χ3n) is 2.38. The Bertz CT molecular complexity index is 580. The van der Waals surface area contributed by atoms with Crippen molar-refractivity contribution in [2.24, 2.45) is 0 Å². The number of anilines is 2. The van der Waals surface area contributed by atoms with Crippen LogP contribution in [0, 0.1) is 6.92 Å². The summed E-state index contributed by atoms with van der Waals surface area (Å²) in [6, 6.07) is 6.74. The van der Waals surface area contributed by atoms with E-state index in [0.717, 1.165) is 5.56 Å². The van der Waals surface area contributed by atoms with Crippen molar-refractivity contribution in [1.29, 1.82) is 0 Å². The Morgan fingerprint density at radius 3 is 2.83 bits per heavy atom. The summed E-state index contributed by atoms with van der Waals surface area (Å²) >= 11 is 6.00. The fourth-order valence-electron chi connectivity index (χ4n) is 1.54. The summed E-state index contributed by atoms with van der Waals surface area (Å²) in [4.78, 5) is 19.7. The van der Waals surface area contributed by atoms with Crippen molar-refractivity contribution in [3.8, 4) is 0 Å². The van der Waals surface area contributed by atoms with Crippen LogP contribution in [0.15, 0.2) is 30.6 Å². The molecule has 2 rings (SSSR count). The minimum atomic E-state index is -0.323. The van der Waals surface area contributed by atoms with Crippen LogP contribution in [0.5, 0.6) is 0 Å². The Balaban J connectivity index is 2.28. The second-order valence-corrected chi connectivity index (χ2v) is 4.12. The van der Waals surface area contributed by atoms with Gasteiger partial charge in [-0.1, -0.05) is 23.7 Å². The largest absolute Gasteiger partial charge is 0.384 e. The average Bonchev–Trinajstić information content (AvgIpc) is 2.28. The standard InChI is InChI=1S/C12H11ClN4O/c1-7-3-2-4-8(13)11(7)12(18)17-10-5-9(14)15-6-16-10/h2-6H,1H3,(H3,14,15,16,17,18). The fraction of sp³-hybridized carbons (Fsp3) is 0.0833. The predicted molar refractivity (Wildman–Crippen MR) is 70.6 cm³/mol. The van der Waals surface area contributed by atoms with E-state index in [1.54, 1.807) is 12.1 Å². The SMILES string of the molecule is Cc1cccc(Cl)c1C(=O)Nc1cc(N)ncn1. The highest BCUT2D eigenvalue weighted by molar-refractivity contribution is 6.34. The van der Waals surface area contributed by atoms with Crippen molar-refractivity contribution in [1.82, 2.24) is 9.97 Å². The van der Waals surface area contributed by atoms with Crippen LogP contribution in [0.2, 0.25) is 5.02 Å². The number of nitrogens with one attached hydrogen (secondary N) is 1. The number of aromatic nitrogens is 2. The second kappa shape index (κ2) is 5.01. The first-order valence-corrected chi connectivity index (χ1v) is 5.59. The molecule has 1 amide bonds. The molecular formula is C12H11ClN4O. The molecule has 0 aliphatic heterocycles. The van der Waals surface area contributed by atoms with E-state index in [1.165, 1.54) is 12.4 Å². The van der Waals surface area contributed by atoms with Gasteiger partial charge in [-0.15, -0.1) is 0 Å². The molecule has 0 spiro atoms. The van der Waals surface area contributed by atoms with Crippen LogP contribution in [0.3, 0.4) is 0 Å². The lowest BCUT2D eigenvalue weighted by atomic mass is 10.1. The molecule has 1 aromatic carbocycles. The number of hydrogen-bond donors (Lipinski definition) is 2. The Morgan fingerprint density at radius 2 is 2.17 bits per heavy atom. The van der Waals surface area contributed by atoms with Crippen molar-refractivity contribution >= 4 is 29.1 Å². The quantitative estimate of drug-likeness (QED) is 0.870.